The maximum absolute atomic E-state index is 12.7. The maximum atomic E-state index is 12.7. The largest absolute Gasteiger partial charge is 0.444 e. The molecule has 0 atom stereocenters. The van der Waals surface area contributed by atoms with E-state index < -0.39 is 0 Å². The van der Waals surface area contributed by atoms with Crippen LogP contribution in [0.25, 0.3) is 22.4 Å². The Hall–Kier alpha value is -4.26. The molecule has 2 aromatic carbocycles. The number of anilines is 1. The Balaban J connectivity index is 1.32. The molecule has 0 aliphatic heterocycles. The molecule has 0 saturated carbocycles. The Bertz CT molecular complexity index is 1290. The first-order valence-electron chi connectivity index (χ1n) is 9.42. The SMILES string of the molecule is O=C(Nc1ccc(-c2cnco2)cc1)c1cnc2c(cnn2Cc2ccccc2)c1. The number of aromatic nitrogens is 4. The van der Waals surface area contributed by atoms with Gasteiger partial charge in [-0.2, -0.15) is 5.10 Å². The predicted molar refractivity (Wildman–Crippen MR) is 113 cm³/mol. The van der Waals surface area contributed by atoms with Crippen LogP contribution in [0.1, 0.15) is 15.9 Å². The normalized spacial score (nSPS) is 10.9. The van der Waals surface area contributed by atoms with Gasteiger partial charge in [-0.15, -0.1) is 0 Å². The molecule has 0 radical (unpaired) electrons. The molecule has 1 amide bonds. The molecule has 3 heterocycles. The highest BCUT2D eigenvalue weighted by Gasteiger charge is 2.11. The molecular weight excluding hydrogens is 378 g/mol. The lowest BCUT2D eigenvalue weighted by atomic mass is 10.1. The van der Waals surface area contributed by atoms with Crippen LogP contribution in [0, 0.1) is 0 Å². The number of rotatable bonds is 5. The number of hydrogen-bond acceptors (Lipinski definition) is 5. The summed E-state index contributed by atoms with van der Waals surface area (Å²) in [6.07, 6.45) is 6.33. The summed E-state index contributed by atoms with van der Waals surface area (Å²) in [6.45, 7) is 0.625. The van der Waals surface area contributed by atoms with E-state index in [0.717, 1.165) is 22.2 Å². The monoisotopic (exact) mass is 395 g/mol. The van der Waals surface area contributed by atoms with Crippen molar-refractivity contribution in [2.24, 2.45) is 0 Å². The number of fused-ring (bicyclic) bond motifs is 1. The fourth-order valence-corrected chi connectivity index (χ4v) is 3.25. The first-order chi connectivity index (χ1) is 14.8. The van der Waals surface area contributed by atoms with Crippen molar-refractivity contribution in [3.63, 3.8) is 0 Å². The average Bonchev–Trinajstić information content (AvgIpc) is 3.45. The number of oxazole rings is 1. The topological polar surface area (TPSA) is 85.8 Å². The van der Waals surface area contributed by atoms with E-state index in [0.29, 0.717) is 23.6 Å². The minimum Gasteiger partial charge on any atom is -0.444 e. The van der Waals surface area contributed by atoms with Crippen molar-refractivity contribution in [3.05, 3.63) is 96.8 Å². The third-order valence-corrected chi connectivity index (χ3v) is 4.77. The summed E-state index contributed by atoms with van der Waals surface area (Å²) in [5, 5.41) is 8.13. The summed E-state index contributed by atoms with van der Waals surface area (Å²) >= 11 is 0. The second kappa shape index (κ2) is 7.63. The van der Waals surface area contributed by atoms with Crippen molar-refractivity contribution >= 4 is 22.6 Å². The highest BCUT2D eigenvalue weighted by Crippen LogP contribution is 2.21. The number of pyridine rings is 1. The van der Waals surface area contributed by atoms with Crippen molar-refractivity contribution in [3.8, 4) is 11.3 Å². The standard InChI is InChI=1S/C23H17N5O2/c29-23(27-20-8-6-17(7-9-20)21-13-24-15-30-21)19-10-18-12-26-28(22(18)25-11-19)14-16-4-2-1-3-5-16/h1-13,15H,14H2,(H,27,29). The Morgan fingerprint density at radius 1 is 1.00 bits per heavy atom. The molecule has 5 rings (SSSR count). The number of nitrogens with zero attached hydrogens (tertiary/aromatic N) is 4. The number of nitrogens with one attached hydrogen (secondary N) is 1. The van der Waals surface area contributed by atoms with Gasteiger partial charge < -0.3 is 9.73 Å². The number of amides is 1. The van der Waals surface area contributed by atoms with E-state index in [1.165, 1.54) is 6.39 Å². The summed E-state index contributed by atoms with van der Waals surface area (Å²) in [6, 6.07) is 19.2. The zero-order valence-corrected chi connectivity index (χ0v) is 15.9. The molecule has 0 aliphatic rings. The van der Waals surface area contributed by atoms with Crippen LogP contribution in [-0.2, 0) is 6.54 Å². The second-order valence-electron chi connectivity index (χ2n) is 6.82. The second-order valence-corrected chi connectivity index (χ2v) is 6.82. The van der Waals surface area contributed by atoms with Crippen molar-refractivity contribution in [2.45, 2.75) is 6.54 Å². The van der Waals surface area contributed by atoms with Crippen molar-refractivity contribution in [1.82, 2.24) is 19.7 Å². The molecule has 30 heavy (non-hydrogen) atoms. The van der Waals surface area contributed by atoms with Crippen LogP contribution in [0.5, 0.6) is 0 Å². The van der Waals surface area contributed by atoms with E-state index in [1.807, 2.05) is 59.3 Å². The fraction of sp³-hybridized carbons (Fsp3) is 0.0435. The van der Waals surface area contributed by atoms with E-state index in [4.69, 9.17) is 4.42 Å². The molecule has 5 aromatic rings. The minimum atomic E-state index is -0.229. The Morgan fingerprint density at radius 3 is 2.60 bits per heavy atom. The summed E-state index contributed by atoms with van der Waals surface area (Å²) in [5.41, 5.74) is 3.93. The summed E-state index contributed by atoms with van der Waals surface area (Å²) < 4.78 is 7.10. The first-order valence-corrected chi connectivity index (χ1v) is 9.42. The Labute approximate surface area is 172 Å². The van der Waals surface area contributed by atoms with Crippen molar-refractivity contribution < 1.29 is 9.21 Å². The molecule has 146 valence electrons. The first kappa shape index (κ1) is 17.8. The fourth-order valence-electron chi connectivity index (χ4n) is 3.25. The van der Waals surface area contributed by atoms with Crippen LogP contribution in [0.4, 0.5) is 5.69 Å². The van der Waals surface area contributed by atoms with Gasteiger partial charge in [0.05, 0.1) is 24.5 Å². The van der Waals surface area contributed by atoms with E-state index in [9.17, 15) is 4.79 Å². The summed E-state index contributed by atoms with van der Waals surface area (Å²) in [7, 11) is 0. The van der Waals surface area contributed by atoms with Crippen LogP contribution in [-0.4, -0.2) is 25.7 Å². The van der Waals surface area contributed by atoms with E-state index in [1.54, 1.807) is 24.7 Å². The molecule has 0 spiro atoms. The summed E-state index contributed by atoms with van der Waals surface area (Å²) in [5.74, 6) is 0.447. The Kier molecular flexibility index (Phi) is 4.53. The molecular formula is C23H17N5O2. The lowest BCUT2D eigenvalue weighted by Crippen LogP contribution is -2.12. The van der Waals surface area contributed by atoms with Crippen LogP contribution >= 0.6 is 0 Å². The van der Waals surface area contributed by atoms with Gasteiger partial charge in [0.15, 0.2) is 17.8 Å². The zero-order chi connectivity index (χ0) is 20.3. The summed E-state index contributed by atoms with van der Waals surface area (Å²) in [4.78, 5) is 21.0. The number of carbonyl (C=O) groups is 1. The smallest absolute Gasteiger partial charge is 0.257 e. The van der Waals surface area contributed by atoms with Crippen molar-refractivity contribution in [2.75, 3.05) is 5.32 Å². The van der Waals surface area contributed by atoms with Gasteiger partial charge in [-0.05, 0) is 35.9 Å². The quantitative estimate of drug-likeness (QED) is 0.477. The number of hydrogen-bond donors (Lipinski definition) is 1. The lowest BCUT2D eigenvalue weighted by Gasteiger charge is -2.07. The molecule has 0 fully saturated rings. The highest BCUT2D eigenvalue weighted by molar-refractivity contribution is 6.05. The zero-order valence-electron chi connectivity index (χ0n) is 15.9. The van der Waals surface area contributed by atoms with Crippen LogP contribution < -0.4 is 5.32 Å². The molecule has 0 saturated heterocycles. The van der Waals surface area contributed by atoms with E-state index >= 15 is 0 Å². The van der Waals surface area contributed by atoms with E-state index in [2.05, 4.69) is 20.4 Å². The maximum Gasteiger partial charge on any atom is 0.257 e. The molecule has 0 unspecified atom stereocenters. The van der Waals surface area contributed by atoms with Gasteiger partial charge in [-0.3, -0.25) is 4.79 Å². The third-order valence-electron chi connectivity index (χ3n) is 4.77. The third kappa shape index (κ3) is 3.56. The molecule has 0 bridgehead atoms. The highest BCUT2D eigenvalue weighted by atomic mass is 16.3. The van der Waals surface area contributed by atoms with Gasteiger partial charge in [-0.25, -0.2) is 14.6 Å². The van der Waals surface area contributed by atoms with Gasteiger partial charge >= 0.3 is 0 Å². The predicted octanol–water partition coefficient (Wildman–Crippen LogP) is 4.39. The number of benzene rings is 2. The molecule has 0 aliphatic carbocycles. The van der Waals surface area contributed by atoms with Gasteiger partial charge in [-0.1, -0.05) is 30.3 Å². The van der Waals surface area contributed by atoms with Gasteiger partial charge in [0.1, 0.15) is 0 Å². The van der Waals surface area contributed by atoms with Gasteiger partial charge in [0, 0.05) is 22.8 Å². The van der Waals surface area contributed by atoms with Crippen molar-refractivity contribution in [1.29, 1.82) is 0 Å². The minimum absolute atomic E-state index is 0.229. The van der Waals surface area contributed by atoms with Crippen LogP contribution in [0.2, 0.25) is 0 Å². The lowest BCUT2D eigenvalue weighted by molar-refractivity contribution is 0.102. The molecule has 3 aromatic heterocycles. The Morgan fingerprint density at radius 2 is 1.83 bits per heavy atom. The van der Waals surface area contributed by atoms with Gasteiger partial charge in [0.2, 0.25) is 0 Å². The van der Waals surface area contributed by atoms with Gasteiger partial charge in [0.25, 0.3) is 5.91 Å². The number of carbonyl (C=O) groups excluding carboxylic acids is 1. The van der Waals surface area contributed by atoms with Crippen LogP contribution in [0.3, 0.4) is 0 Å². The molecule has 7 nitrogen and oxygen atoms in total. The molecule has 1 N–H and O–H groups in total. The van der Waals surface area contributed by atoms with E-state index in [-0.39, 0.29) is 5.91 Å². The average molecular weight is 395 g/mol. The van der Waals surface area contributed by atoms with Crippen LogP contribution in [0.15, 0.2) is 90.1 Å². The molecule has 7 heteroatoms.